The van der Waals surface area contributed by atoms with Crippen molar-refractivity contribution in [1.29, 1.82) is 0 Å². The van der Waals surface area contributed by atoms with Crippen LogP contribution in [0.4, 0.5) is 4.79 Å². The van der Waals surface area contributed by atoms with E-state index in [1.165, 1.54) is 24.0 Å². The Morgan fingerprint density at radius 3 is 2.14 bits per heavy atom. The molecule has 2 aliphatic heterocycles. The number of amides is 3. The smallest absolute Gasteiger partial charge is 0.317 e. The highest BCUT2D eigenvalue weighted by Gasteiger charge is 2.30. The van der Waals surface area contributed by atoms with Crippen molar-refractivity contribution >= 4 is 11.9 Å². The van der Waals surface area contributed by atoms with Gasteiger partial charge in [0.25, 0.3) is 0 Å². The third-order valence-electron chi connectivity index (χ3n) is 6.39. The van der Waals surface area contributed by atoms with Crippen molar-refractivity contribution in [3.63, 3.8) is 0 Å². The van der Waals surface area contributed by atoms with Gasteiger partial charge in [0.1, 0.15) is 0 Å². The molecule has 3 rings (SSSR count). The van der Waals surface area contributed by atoms with E-state index in [2.05, 4.69) is 48.3 Å². The van der Waals surface area contributed by atoms with Gasteiger partial charge in [-0.2, -0.15) is 0 Å². The Bertz CT molecular complexity index is 655. The first-order chi connectivity index (χ1) is 14.0. The summed E-state index contributed by atoms with van der Waals surface area (Å²) in [5.74, 6) is 0.950. The summed E-state index contributed by atoms with van der Waals surface area (Å²) in [7, 11) is 0. The van der Waals surface area contributed by atoms with E-state index in [1.54, 1.807) is 0 Å². The number of carbonyl (C=O) groups is 2. The van der Waals surface area contributed by atoms with Crippen molar-refractivity contribution in [3.8, 4) is 0 Å². The first-order valence-corrected chi connectivity index (χ1v) is 11.4. The van der Waals surface area contributed by atoms with Crippen molar-refractivity contribution in [2.45, 2.75) is 64.7 Å². The molecule has 3 amide bonds. The average molecular weight is 400 g/mol. The van der Waals surface area contributed by atoms with Crippen molar-refractivity contribution in [2.75, 3.05) is 32.7 Å². The van der Waals surface area contributed by atoms with Crippen LogP contribution in [0.2, 0.25) is 0 Å². The molecule has 5 heteroatoms. The van der Waals surface area contributed by atoms with Crippen LogP contribution in [-0.2, 0) is 11.2 Å². The van der Waals surface area contributed by atoms with E-state index in [0.29, 0.717) is 31.5 Å². The molecule has 2 heterocycles. The van der Waals surface area contributed by atoms with Gasteiger partial charge in [0.05, 0.1) is 0 Å². The molecule has 0 spiro atoms. The molecule has 0 atom stereocenters. The van der Waals surface area contributed by atoms with Crippen LogP contribution in [0, 0.1) is 5.92 Å². The normalized spacial score (nSPS) is 18.6. The largest absolute Gasteiger partial charge is 0.342 e. The summed E-state index contributed by atoms with van der Waals surface area (Å²) in [5.41, 5.74) is 2.59. The molecule has 29 heavy (non-hydrogen) atoms. The second-order valence-corrected chi connectivity index (χ2v) is 8.88. The summed E-state index contributed by atoms with van der Waals surface area (Å²) < 4.78 is 0. The Balaban J connectivity index is 1.37. The van der Waals surface area contributed by atoms with E-state index in [-0.39, 0.29) is 11.9 Å². The molecular formula is C24H37N3O2. The van der Waals surface area contributed by atoms with Gasteiger partial charge in [-0.25, -0.2) is 4.79 Å². The monoisotopic (exact) mass is 399 g/mol. The van der Waals surface area contributed by atoms with Gasteiger partial charge in [-0.3, -0.25) is 4.79 Å². The van der Waals surface area contributed by atoms with Crippen LogP contribution in [0.25, 0.3) is 0 Å². The molecule has 1 aromatic carbocycles. The van der Waals surface area contributed by atoms with Gasteiger partial charge in [-0.05, 0) is 49.1 Å². The lowest BCUT2D eigenvalue weighted by molar-refractivity contribution is -0.136. The number of hydrogen-bond acceptors (Lipinski definition) is 2. The molecule has 1 N–H and O–H groups in total. The van der Waals surface area contributed by atoms with E-state index in [0.717, 1.165) is 45.2 Å². The second-order valence-electron chi connectivity index (χ2n) is 8.88. The zero-order valence-electron chi connectivity index (χ0n) is 18.2. The fourth-order valence-electron chi connectivity index (χ4n) is 4.37. The molecule has 2 saturated heterocycles. The van der Waals surface area contributed by atoms with Crippen LogP contribution >= 0.6 is 0 Å². The summed E-state index contributed by atoms with van der Waals surface area (Å²) in [5, 5.41) is 3.05. The van der Waals surface area contributed by atoms with Crippen molar-refractivity contribution in [3.05, 3.63) is 35.4 Å². The number of hydrogen-bond donors (Lipinski definition) is 1. The maximum absolute atomic E-state index is 12.8. The van der Waals surface area contributed by atoms with Gasteiger partial charge < -0.3 is 15.1 Å². The number of urea groups is 1. The highest BCUT2D eigenvalue weighted by Crippen LogP contribution is 2.22. The first kappa shape index (κ1) is 21.7. The summed E-state index contributed by atoms with van der Waals surface area (Å²) in [6.45, 7) is 8.22. The predicted molar refractivity (Wildman–Crippen MR) is 117 cm³/mol. The van der Waals surface area contributed by atoms with E-state index >= 15 is 0 Å². The Morgan fingerprint density at radius 2 is 1.55 bits per heavy atom. The highest BCUT2D eigenvalue weighted by molar-refractivity contribution is 5.80. The molecule has 0 aromatic heterocycles. The Labute approximate surface area is 175 Å². The van der Waals surface area contributed by atoms with Crippen LogP contribution in [0.5, 0.6) is 0 Å². The number of benzene rings is 1. The highest BCUT2D eigenvalue weighted by atomic mass is 16.2. The van der Waals surface area contributed by atoms with Gasteiger partial charge in [0.2, 0.25) is 5.91 Å². The SMILES string of the molecule is CC(C)c1ccc(CCNC(=O)N2CCC(C(=O)N3CCCCCC3)CC2)cc1. The maximum atomic E-state index is 12.8. The molecule has 0 unspecified atom stereocenters. The van der Waals surface area contributed by atoms with Gasteiger partial charge in [0.15, 0.2) is 0 Å². The Kier molecular flexibility index (Phi) is 7.96. The number of likely N-dealkylation sites (tertiary alicyclic amines) is 2. The zero-order chi connectivity index (χ0) is 20.6. The minimum Gasteiger partial charge on any atom is -0.342 e. The summed E-state index contributed by atoms with van der Waals surface area (Å²) in [6, 6.07) is 8.66. The molecule has 2 aliphatic rings. The van der Waals surface area contributed by atoms with E-state index in [4.69, 9.17) is 0 Å². The van der Waals surface area contributed by atoms with Crippen LogP contribution in [0.15, 0.2) is 24.3 Å². The van der Waals surface area contributed by atoms with Crippen LogP contribution in [-0.4, -0.2) is 54.5 Å². The van der Waals surface area contributed by atoms with Crippen molar-refractivity contribution in [2.24, 2.45) is 5.92 Å². The number of nitrogens with zero attached hydrogens (tertiary/aromatic N) is 2. The lowest BCUT2D eigenvalue weighted by Gasteiger charge is -2.34. The number of rotatable bonds is 5. The molecule has 0 aliphatic carbocycles. The predicted octanol–water partition coefficient (Wildman–Crippen LogP) is 4.18. The van der Waals surface area contributed by atoms with Gasteiger partial charge in [-0.15, -0.1) is 0 Å². The summed E-state index contributed by atoms with van der Waals surface area (Å²) in [4.78, 5) is 29.2. The third kappa shape index (κ3) is 6.22. The Hall–Kier alpha value is -2.04. The van der Waals surface area contributed by atoms with Crippen molar-refractivity contribution < 1.29 is 9.59 Å². The summed E-state index contributed by atoms with van der Waals surface area (Å²) >= 11 is 0. The molecule has 160 valence electrons. The fraction of sp³-hybridized carbons (Fsp3) is 0.667. The second kappa shape index (κ2) is 10.7. The van der Waals surface area contributed by atoms with Crippen LogP contribution in [0.3, 0.4) is 0 Å². The van der Waals surface area contributed by atoms with Crippen LogP contribution < -0.4 is 5.32 Å². The Morgan fingerprint density at radius 1 is 0.931 bits per heavy atom. The third-order valence-corrected chi connectivity index (χ3v) is 6.39. The van der Waals surface area contributed by atoms with Gasteiger partial charge in [-0.1, -0.05) is 51.0 Å². The number of nitrogens with one attached hydrogen (secondary N) is 1. The summed E-state index contributed by atoms with van der Waals surface area (Å²) in [6.07, 6.45) is 7.17. The van der Waals surface area contributed by atoms with E-state index in [9.17, 15) is 9.59 Å². The lowest BCUT2D eigenvalue weighted by Crippen LogP contribution is -2.48. The van der Waals surface area contributed by atoms with Gasteiger partial charge >= 0.3 is 6.03 Å². The molecule has 5 nitrogen and oxygen atoms in total. The molecule has 0 saturated carbocycles. The maximum Gasteiger partial charge on any atom is 0.317 e. The standard InChI is InChI=1S/C24H37N3O2/c1-19(2)21-9-7-20(8-10-21)11-14-25-24(29)27-17-12-22(13-18-27)23(28)26-15-5-3-4-6-16-26/h7-10,19,22H,3-6,11-18H2,1-2H3,(H,25,29). The number of piperidine rings is 1. The van der Waals surface area contributed by atoms with Crippen molar-refractivity contribution in [1.82, 2.24) is 15.1 Å². The van der Waals surface area contributed by atoms with Crippen LogP contribution in [0.1, 0.15) is 69.4 Å². The first-order valence-electron chi connectivity index (χ1n) is 11.4. The molecular weight excluding hydrogens is 362 g/mol. The fourth-order valence-corrected chi connectivity index (χ4v) is 4.37. The molecule has 2 fully saturated rings. The minimum absolute atomic E-state index is 0.00414. The van der Waals surface area contributed by atoms with Gasteiger partial charge in [0, 0.05) is 38.6 Å². The lowest BCUT2D eigenvalue weighted by atomic mass is 9.95. The quantitative estimate of drug-likeness (QED) is 0.808. The molecule has 1 aromatic rings. The average Bonchev–Trinajstić information content (AvgIpc) is 3.03. The topological polar surface area (TPSA) is 52.7 Å². The van der Waals surface area contributed by atoms with E-state index in [1.807, 2.05) is 4.90 Å². The molecule has 0 bridgehead atoms. The zero-order valence-corrected chi connectivity index (χ0v) is 18.2. The molecule has 0 radical (unpaired) electrons. The minimum atomic E-state index is 0.00414. The number of carbonyl (C=O) groups excluding carboxylic acids is 2. The van der Waals surface area contributed by atoms with E-state index < -0.39 is 0 Å².